The highest BCUT2D eigenvalue weighted by atomic mass is 16.5. The average Bonchev–Trinajstić information content (AvgIpc) is 3.35. The van der Waals surface area contributed by atoms with Crippen LogP contribution >= 0.6 is 0 Å². The van der Waals surface area contributed by atoms with Gasteiger partial charge in [0.15, 0.2) is 0 Å². The van der Waals surface area contributed by atoms with Crippen molar-refractivity contribution in [2.45, 2.75) is 45.7 Å². The number of ether oxygens (including phenoxy) is 1. The van der Waals surface area contributed by atoms with Crippen LogP contribution in [0.25, 0.3) is 0 Å². The molecule has 1 aromatic carbocycles. The molecule has 0 aromatic heterocycles. The van der Waals surface area contributed by atoms with Gasteiger partial charge in [-0.15, -0.1) is 0 Å². The molecule has 0 radical (unpaired) electrons. The SMILES string of the molecule is CCCNC(=O)N(Cc1ccc(OC)cc1)C(C)C1CC1. The van der Waals surface area contributed by atoms with E-state index >= 15 is 0 Å². The van der Waals surface area contributed by atoms with Gasteiger partial charge >= 0.3 is 6.03 Å². The van der Waals surface area contributed by atoms with E-state index in [9.17, 15) is 4.79 Å². The summed E-state index contributed by atoms with van der Waals surface area (Å²) in [7, 11) is 1.66. The van der Waals surface area contributed by atoms with Crippen LogP contribution in [0.2, 0.25) is 0 Å². The first kappa shape index (κ1) is 15.7. The fraction of sp³-hybridized carbons (Fsp3) is 0.588. The number of carbonyl (C=O) groups is 1. The Labute approximate surface area is 127 Å². The molecule has 0 bridgehead atoms. The lowest BCUT2D eigenvalue weighted by atomic mass is 10.1. The normalized spacial score (nSPS) is 15.4. The van der Waals surface area contributed by atoms with Crippen LogP contribution in [0.4, 0.5) is 4.79 Å². The molecule has 0 spiro atoms. The van der Waals surface area contributed by atoms with E-state index in [1.54, 1.807) is 7.11 Å². The lowest BCUT2D eigenvalue weighted by Crippen LogP contribution is -2.45. The van der Waals surface area contributed by atoms with Gasteiger partial charge in [-0.1, -0.05) is 19.1 Å². The first-order valence-corrected chi connectivity index (χ1v) is 7.83. The summed E-state index contributed by atoms with van der Waals surface area (Å²) < 4.78 is 5.18. The van der Waals surface area contributed by atoms with E-state index in [1.165, 1.54) is 12.8 Å². The Morgan fingerprint density at radius 2 is 2.05 bits per heavy atom. The van der Waals surface area contributed by atoms with Crippen LogP contribution in [-0.4, -0.2) is 30.6 Å². The number of amides is 2. The quantitative estimate of drug-likeness (QED) is 0.836. The molecule has 116 valence electrons. The third-order valence-corrected chi connectivity index (χ3v) is 4.09. The highest BCUT2D eigenvalue weighted by molar-refractivity contribution is 5.74. The Hall–Kier alpha value is -1.71. The summed E-state index contributed by atoms with van der Waals surface area (Å²) >= 11 is 0. The Bertz CT molecular complexity index is 454. The van der Waals surface area contributed by atoms with Gasteiger partial charge in [0.25, 0.3) is 0 Å². The van der Waals surface area contributed by atoms with Gasteiger partial charge in [0, 0.05) is 19.1 Å². The number of urea groups is 1. The molecular formula is C17H26N2O2. The van der Waals surface area contributed by atoms with E-state index in [4.69, 9.17) is 4.74 Å². The molecule has 1 aromatic rings. The molecule has 1 aliphatic carbocycles. The van der Waals surface area contributed by atoms with Gasteiger partial charge in [0.1, 0.15) is 5.75 Å². The minimum atomic E-state index is 0.0482. The second-order valence-electron chi connectivity index (χ2n) is 5.79. The number of rotatable bonds is 7. The molecule has 21 heavy (non-hydrogen) atoms. The second-order valence-corrected chi connectivity index (χ2v) is 5.79. The van der Waals surface area contributed by atoms with Crippen LogP contribution in [0.3, 0.4) is 0 Å². The van der Waals surface area contributed by atoms with Crippen LogP contribution in [0, 0.1) is 5.92 Å². The Kier molecular flexibility index (Phi) is 5.48. The molecule has 4 nitrogen and oxygen atoms in total. The van der Waals surface area contributed by atoms with Crippen LogP contribution in [0.5, 0.6) is 5.75 Å². The minimum Gasteiger partial charge on any atom is -0.497 e. The number of nitrogens with one attached hydrogen (secondary N) is 1. The predicted molar refractivity (Wildman–Crippen MR) is 84.4 cm³/mol. The maximum atomic E-state index is 12.4. The van der Waals surface area contributed by atoms with Crippen LogP contribution in [0.1, 0.15) is 38.7 Å². The highest BCUT2D eigenvalue weighted by Crippen LogP contribution is 2.35. The van der Waals surface area contributed by atoms with Crippen LogP contribution < -0.4 is 10.1 Å². The number of methoxy groups -OCH3 is 1. The molecule has 0 aliphatic heterocycles. The third kappa shape index (κ3) is 4.38. The zero-order valence-electron chi connectivity index (χ0n) is 13.3. The lowest BCUT2D eigenvalue weighted by molar-refractivity contribution is 0.167. The smallest absolute Gasteiger partial charge is 0.317 e. The van der Waals surface area contributed by atoms with Gasteiger partial charge < -0.3 is 15.0 Å². The van der Waals surface area contributed by atoms with Crippen molar-refractivity contribution >= 4 is 6.03 Å². The summed E-state index contributed by atoms with van der Waals surface area (Å²) in [5.41, 5.74) is 1.13. The summed E-state index contributed by atoms with van der Waals surface area (Å²) in [5, 5.41) is 3.00. The number of hydrogen-bond donors (Lipinski definition) is 1. The molecule has 1 aliphatic rings. The fourth-order valence-corrected chi connectivity index (χ4v) is 2.49. The molecule has 4 heteroatoms. The summed E-state index contributed by atoms with van der Waals surface area (Å²) in [6.07, 6.45) is 3.43. The van der Waals surface area contributed by atoms with Crippen molar-refractivity contribution in [2.75, 3.05) is 13.7 Å². The molecular weight excluding hydrogens is 264 g/mol. The summed E-state index contributed by atoms with van der Waals surface area (Å²) in [6, 6.07) is 8.28. The average molecular weight is 290 g/mol. The summed E-state index contributed by atoms with van der Waals surface area (Å²) in [5.74, 6) is 1.51. The van der Waals surface area contributed by atoms with E-state index in [0.29, 0.717) is 18.5 Å². The topological polar surface area (TPSA) is 41.6 Å². The van der Waals surface area contributed by atoms with Crippen molar-refractivity contribution in [2.24, 2.45) is 5.92 Å². The van der Waals surface area contributed by atoms with Crippen LogP contribution in [0.15, 0.2) is 24.3 Å². The van der Waals surface area contributed by atoms with Crippen LogP contribution in [-0.2, 0) is 6.54 Å². The summed E-state index contributed by atoms with van der Waals surface area (Å²) in [4.78, 5) is 14.4. The van der Waals surface area contributed by atoms with Crippen molar-refractivity contribution in [3.05, 3.63) is 29.8 Å². The Morgan fingerprint density at radius 3 is 2.57 bits per heavy atom. The van der Waals surface area contributed by atoms with E-state index in [-0.39, 0.29) is 6.03 Å². The monoisotopic (exact) mass is 290 g/mol. The van der Waals surface area contributed by atoms with Gasteiger partial charge in [0.05, 0.1) is 7.11 Å². The second kappa shape index (κ2) is 7.34. The van der Waals surface area contributed by atoms with Gasteiger partial charge in [-0.2, -0.15) is 0 Å². The largest absolute Gasteiger partial charge is 0.497 e. The Morgan fingerprint density at radius 1 is 1.38 bits per heavy atom. The molecule has 2 amide bonds. The minimum absolute atomic E-state index is 0.0482. The number of nitrogens with zero attached hydrogens (tertiary/aromatic N) is 1. The van der Waals surface area contributed by atoms with E-state index in [1.807, 2.05) is 29.2 Å². The van der Waals surface area contributed by atoms with Crippen molar-refractivity contribution < 1.29 is 9.53 Å². The van der Waals surface area contributed by atoms with E-state index in [0.717, 1.165) is 24.3 Å². The van der Waals surface area contributed by atoms with Gasteiger partial charge in [-0.25, -0.2) is 4.79 Å². The third-order valence-electron chi connectivity index (χ3n) is 4.09. The summed E-state index contributed by atoms with van der Waals surface area (Å²) in [6.45, 7) is 5.61. The first-order valence-electron chi connectivity index (χ1n) is 7.83. The van der Waals surface area contributed by atoms with Crippen molar-refractivity contribution in [1.82, 2.24) is 10.2 Å². The maximum absolute atomic E-state index is 12.4. The zero-order valence-corrected chi connectivity index (χ0v) is 13.3. The number of carbonyl (C=O) groups excluding carboxylic acids is 1. The molecule has 1 saturated carbocycles. The molecule has 2 rings (SSSR count). The first-order chi connectivity index (χ1) is 10.2. The standard InChI is InChI=1S/C17H26N2O2/c1-4-11-18-17(20)19(13(2)15-7-8-15)12-14-5-9-16(21-3)10-6-14/h5-6,9-10,13,15H,4,7-8,11-12H2,1-3H3,(H,18,20). The van der Waals surface area contributed by atoms with Crippen molar-refractivity contribution in [1.29, 1.82) is 0 Å². The molecule has 1 N–H and O–H groups in total. The van der Waals surface area contributed by atoms with E-state index in [2.05, 4.69) is 19.2 Å². The molecule has 1 unspecified atom stereocenters. The van der Waals surface area contributed by atoms with Gasteiger partial charge in [-0.05, 0) is 49.8 Å². The highest BCUT2D eigenvalue weighted by Gasteiger charge is 2.34. The molecule has 0 saturated heterocycles. The van der Waals surface area contributed by atoms with Gasteiger partial charge in [0.2, 0.25) is 0 Å². The van der Waals surface area contributed by atoms with Crippen molar-refractivity contribution in [3.63, 3.8) is 0 Å². The molecule has 1 fully saturated rings. The maximum Gasteiger partial charge on any atom is 0.317 e. The Balaban J connectivity index is 2.04. The lowest BCUT2D eigenvalue weighted by Gasteiger charge is -2.29. The van der Waals surface area contributed by atoms with E-state index < -0.39 is 0 Å². The number of hydrogen-bond acceptors (Lipinski definition) is 2. The van der Waals surface area contributed by atoms with Crippen molar-refractivity contribution in [3.8, 4) is 5.75 Å². The molecule has 0 heterocycles. The zero-order chi connectivity index (χ0) is 15.2. The molecule has 1 atom stereocenters. The number of benzene rings is 1. The predicted octanol–water partition coefficient (Wildman–Crippen LogP) is 3.42. The fourth-order valence-electron chi connectivity index (χ4n) is 2.49. The van der Waals surface area contributed by atoms with Gasteiger partial charge in [-0.3, -0.25) is 0 Å².